The monoisotopic (exact) mass is 298 g/mol. The molecule has 0 saturated heterocycles. The molecular formula is C14H20F2N4O. The maximum atomic E-state index is 13.8. The molecular weight excluding hydrogens is 278 g/mol. The molecule has 116 valence electrons. The van der Waals surface area contributed by atoms with Gasteiger partial charge in [0.15, 0.2) is 23.3 Å². The van der Waals surface area contributed by atoms with E-state index in [1.54, 1.807) is 7.05 Å². The predicted molar refractivity (Wildman–Crippen MR) is 77.4 cm³/mol. The van der Waals surface area contributed by atoms with Gasteiger partial charge in [-0.3, -0.25) is 4.79 Å². The first-order valence-electron chi connectivity index (χ1n) is 7.11. The zero-order chi connectivity index (χ0) is 15.4. The molecule has 0 spiro atoms. The summed E-state index contributed by atoms with van der Waals surface area (Å²) in [5, 5.41) is 5.61. The largest absolute Gasteiger partial charge is 0.368 e. The van der Waals surface area contributed by atoms with Crippen molar-refractivity contribution < 1.29 is 13.6 Å². The van der Waals surface area contributed by atoms with Crippen molar-refractivity contribution in [2.24, 2.45) is 0 Å². The number of halogens is 2. The lowest BCUT2D eigenvalue weighted by Gasteiger charge is -2.19. The van der Waals surface area contributed by atoms with Gasteiger partial charge in [0.1, 0.15) is 0 Å². The second-order valence-corrected chi connectivity index (χ2v) is 5.25. The highest BCUT2D eigenvalue weighted by atomic mass is 19.1. The standard InChI is InChI=1S/C14H20F2N4O/c1-3-6-17-13-10(15)7-11(16)14(19-13)20(2)8-12(21)18-9-4-5-9/h7,9H,3-6,8H2,1-2H3,(H,17,19)(H,18,21). The van der Waals surface area contributed by atoms with Crippen molar-refractivity contribution >= 4 is 17.5 Å². The third kappa shape index (κ3) is 4.27. The van der Waals surface area contributed by atoms with E-state index in [0.29, 0.717) is 6.54 Å². The first-order valence-corrected chi connectivity index (χ1v) is 7.11. The van der Waals surface area contributed by atoms with Crippen LogP contribution in [0.2, 0.25) is 0 Å². The van der Waals surface area contributed by atoms with E-state index in [1.165, 1.54) is 4.90 Å². The first kappa shape index (κ1) is 15.5. The van der Waals surface area contributed by atoms with Crippen molar-refractivity contribution in [3.8, 4) is 0 Å². The Balaban J connectivity index is 2.07. The number of carbonyl (C=O) groups is 1. The van der Waals surface area contributed by atoms with Crippen molar-refractivity contribution in [1.82, 2.24) is 10.3 Å². The van der Waals surface area contributed by atoms with Gasteiger partial charge >= 0.3 is 0 Å². The molecule has 1 saturated carbocycles. The van der Waals surface area contributed by atoms with Crippen LogP contribution in [0.1, 0.15) is 26.2 Å². The van der Waals surface area contributed by atoms with E-state index in [1.807, 2.05) is 6.92 Å². The van der Waals surface area contributed by atoms with Gasteiger partial charge in [-0.15, -0.1) is 0 Å². The third-order valence-corrected chi connectivity index (χ3v) is 3.14. The fraction of sp³-hybridized carbons (Fsp3) is 0.571. The van der Waals surface area contributed by atoms with Crippen molar-refractivity contribution in [3.05, 3.63) is 17.7 Å². The minimum Gasteiger partial charge on any atom is -0.368 e. The molecule has 1 aromatic rings. The van der Waals surface area contributed by atoms with Gasteiger partial charge in [-0.05, 0) is 19.3 Å². The molecule has 1 aliphatic rings. The number of rotatable bonds is 7. The quantitative estimate of drug-likeness (QED) is 0.807. The fourth-order valence-corrected chi connectivity index (χ4v) is 1.88. The maximum Gasteiger partial charge on any atom is 0.239 e. The van der Waals surface area contributed by atoms with Gasteiger partial charge in [0.05, 0.1) is 6.54 Å². The van der Waals surface area contributed by atoms with Crippen LogP contribution in [-0.2, 0) is 4.79 Å². The lowest BCUT2D eigenvalue weighted by molar-refractivity contribution is -0.119. The Labute approximate surface area is 122 Å². The molecule has 0 aliphatic heterocycles. The Morgan fingerprint density at radius 3 is 2.76 bits per heavy atom. The Kier molecular flexibility index (Phi) is 4.93. The molecule has 1 aromatic heterocycles. The summed E-state index contributed by atoms with van der Waals surface area (Å²) in [6.07, 6.45) is 2.78. The average molecular weight is 298 g/mol. The molecule has 5 nitrogen and oxygen atoms in total. The summed E-state index contributed by atoms with van der Waals surface area (Å²) in [6, 6.07) is 1.04. The molecule has 0 bridgehead atoms. The van der Waals surface area contributed by atoms with Gasteiger partial charge in [-0.2, -0.15) is 0 Å². The van der Waals surface area contributed by atoms with Gasteiger partial charge < -0.3 is 15.5 Å². The van der Waals surface area contributed by atoms with E-state index in [4.69, 9.17) is 0 Å². The number of pyridine rings is 1. The smallest absolute Gasteiger partial charge is 0.239 e. The van der Waals surface area contributed by atoms with E-state index in [2.05, 4.69) is 15.6 Å². The molecule has 7 heteroatoms. The molecule has 1 aliphatic carbocycles. The minimum absolute atomic E-state index is 0.00250. The predicted octanol–water partition coefficient (Wildman–Crippen LogP) is 1.90. The number of likely N-dealkylation sites (N-methyl/N-ethyl adjacent to an activating group) is 1. The van der Waals surface area contributed by atoms with Crippen LogP contribution < -0.4 is 15.5 Å². The minimum atomic E-state index is -0.781. The van der Waals surface area contributed by atoms with Crippen LogP contribution in [0, 0.1) is 11.6 Å². The second kappa shape index (κ2) is 6.69. The number of hydrogen-bond acceptors (Lipinski definition) is 4. The first-order chi connectivity index (χ1) is 10.0. The van der Waals surface area contributed by atoms with Crippen molar-refractivity contribution in [2.75, 3.05) is 30.4 Å². The maximum absolute atomic E-state index is 13.8. The van der Waals surface area contributed by atoms with Crippen LogP contribution in [0.3, 0.4) is 0 Å². The van der Waals surface area contributed by atoms with Crippen molar-refractivity contribution in [2.45, 2.75) is 32.2 Å². The van der Waals surface area contributed by atoms with Gasteiger partial charge in [0.2, 0.25) is 5.91 Å². The van der Waals surface area contributed by atoms with E-state index < -0.39 is 11.6 Å². The van der Waals surface area contributed by atoms with E-state index >= 15 is 0 Å². The molecule has 21 heavy (non-hydrogen) atoms. The number of carbonyl (C=O) groups excluding carboxylic acids is 1. The normalized spacial score (nSPS) is 13.9. The van der Waals surface area contributed by atoms with Crippen LogP contribution >= 0.6 is 0 Å². The van der Waals surface area contributed by atoms with Crippen LogP contribution in [0.5, 0.6) is 0 Å². The molecule has 2 rings (SSSR count). The highest BCUT2D eigenvalue weighted by molar-refractivity contribution is 5.81. The number of amides is 1. The number of aromatic nitrogens is 1. The summed E-state index contributed by atoms with van der Waals surface area (Å²) >= 11 is 0. The molecule has 2 N–H and O–H groups in total. The molecule has 0 aromatic carbocycles. The lowest BCUT2D eigenvalue weighted by atomic mass is 10.3. The van der Waals surface area contributed by atoms with Crippen LogP contribution in [0.4, 0.5) is 20.4 Å². The number of nitrogens with one attached hydrogen (secondary N) is 2. The van der Waals surface area contributed by atoms with Crippen LogP contribution in [0.15, 0.2) is 6.07 Å². The van der Waals surface area contributed by atoms with E-state index in [-0.39, 0.29) is 30.1 Å². The molecule has 0 atom stereocenters. The number of nitrogens with zero attached hydrogens (tertiary/aromatic N) is 2. The third-order valence-electron chi connectivity index (χ3n) is 3.14. The Morgan fingerprint density at radius 2 is 2.14 bits per heavy atom. The molecule has 0 unspecified atom stereocenters. The summed E-state index contributed by atoms with van der Waals surface area (Å²) in [5.74, 6) is -1.74. The topological polar surface area (TPSA) is 57.3 Å². The van der Waals surface area contributed by atoms with E-state index in [0.717, 1.165) is 25.3 Å². The Hall–Kier alpha value is -1.92. The molecule has 1 amide bonds. The second-order valence-electron chi connectivity index (χ2n) is 5.25. The summed E-state index contributed by atoms with van der Waals surface area (Å²) < 4.78 is 27.4. The summed E-state index contributed by atoms with van der Waals surface area (Å²) in [5.41, 5.74) is 0. The zero-order valence-electron chi connectivity index (χ0n) is 12.2. The van der Waals surface area contributed by atoms with E-state index in [9.17, 15) is 13.6 Å². The number of hydrogen-bond donors (Lipinski definition) is 2. The van der Waals surface area contributed by atoms with Crippen LogP contribution in [0.25, 0.3) is 0 Å². The van der Waals surface area contributed by atoms with Gasteiger partial charge in [0.25, 0.3) is 0 Å². The van der Waals surface area contributed by atoms with Gasteiger partial charge in [-0.25, -0.2) is 13.8 Å². The van der Waals surface area contributed by atoms with Crippen molar-refractivity contribution in [3.63, 3.8) is 0 Å². The summed E-state index contributed by atoms with van der Waals surface area (Å²) in [4.78, 5) is 17.0. The zero-order valence-corrected chi connectivity index (χ0v) is 12.2. The average Bonchev–Trinajstić information content (AvgIpc) is 3.21. The van der Waals surface area contributed by atoms with Gasteiger partial charge in [-0.1, -0.05) is 6.92 Å². The lowest BCUT2D eigenvalue weighted by Crippen LogP contribution is -2.37. The highest BCUT2D eigenvalue weighted by Gasteiger charge is 2.24. The summed E-state index contributed by atoms with van der Waals surface area (Å²) in [7, 11) is 1.55. The molecule has 0 radical (unpaired) electrons. The SMILES string of the molecule is CCCNc1nc(N(C)CC(=O)NC2CC2)c(F)cc1F. The van der Waals surface area contributed by atoms with Gasteiger partial charge in [0, 0.05) is 25.7 Å². The van der Waals surface area contributed by atoms with Crippen LogP contribution in [-0.4, -0.2) is 37.1 Å². The van der Waals surface area contributed by atoms with Crippen molar-refractivity contribution in [1.29, 1.82) is 0 Å². The fourth-order valence-electron chi connectivity index (χ4n) is 1.88. The Bertz CT molecular complexity index is 520. The number of anilines is 2. The molecule has 1 fully saturated rings. The molecule has 1 heterocycles. The Morgan fingerprint density at radius 1 is 1.43 bits per heavy atom. The summed E-state index contributed by atoms with van der Waals surface area (Å²) in [6.45, 7) is 2.46. The highest BCUT2D eigenvalue weighted by Crippen LogP contribution is 2.22.